The lowest BCUT2D eigenvalue weighted by Crippen LogP contribution is -2.40. The second-order valence-corrected chi connectivity index (χ2v) is 5.81. The monoisotopic (exact) mass is 328 g/mol. The summed E-state index contributed by atoms with van der Waals surface area (Å²) in [5.74, 6) is -1.66. The number of nitrogens with one attached hydrogen (secondary N) is 1. The van der Waals surface area contributed by atoms with Gasteiger partial charge in [0.1, 0.15) is 11.6 Å². The minimum Gasteiger partial charge on any atom is -0.481 e. The molecule has 126 valence electrons. The largest absolute Gasteiger partial charge is 0.481 e. The first-order chi connectivity index (χ1) is 11.4. The molecule has 0 radical (unpaired) electrons. The molecule has 0 unspecified atom stereocenters. The van der Waals surface area contributed by atoms with E-state index in [1.165, 1.54) is 11.1 Å². The van der Waals surface area contributed by atoms with Gasteiger partial charge >= 0.3 is 5.97 Å². The van der Waals surface area contributed by atoms with Crippen molar-refractivity contribution in [3.05, 3.63) is 35.5 Å². The van der Waals surface area contributed by atoms with Gasteiger partial charge in [0.05, 0.1) is 17.3 Å². The fourth-order valence-corrected chi connectivity index (χ4v) is 2.59. The molecular weight excluding hydrogens is 308 g/mol. The Morgan fingerprint density at radius 3 is 2.67 bits per heavy atom. The Labute approximate surface area is 140 Å². The minimum atomic E-state index is -0.838. The van der Waals surface area contributed by atoms with Crippen molar-refractivity contribution >= 4 is 23.3 Å². The number of nitrogens with zero attached hydrogens (tertiary/aromatic N) is 2. The third-order valence-corrected chi connectivity index (χ3v) is 4.06. The number of likely N-dealkylation sites (tertiary alicyclic amines) is 1. The summed E-state index contributed by atoms with van der Waals surface area (Å²) >= 11 is 0. The number of aliphatic carboxylic acids is 1. The van der Waals surface area contributed by atoms with Crippen LogP contribution in [0.2, 0.25) is 0 Å². The molecule has 2 rings (SSSR count). The molecule has 0 spiro atoms. The molecule has 1 aromatic rings. The molecule has 1 aliphatic rings. The van der Waals surface area contributed by atoms with Gasteiger partial charge in [-0.2, -0.15) is 5.26 Å². The van der Waals surface area contributed by atoms with Crippen LogP contribution in [0, 0.1) is 24.2 Å². The number of rotatable bonds is 4. The van der Waals surface area contributed by atoms with Gasteiger partial charge in [0.2, 0.25) is 0 Å². The number of carbonyl (C=O) groups excluding carboxylic acids is 1. The van der Waals surface area contributed by atoms with Crippen LogP contribution in [-0.2, 0) is 9.59 Å². The summed E-state index contributed by atoms with van der Waals surface area (Å²) in [7, 11) is 0. The number of hydrogen-bond donors (Lipinski definition) is 3. The Morgan fingerprint density at radius 1 is 1.42 bits per heavy atom. The van der Waals surface area contributed by atoms with Crippen LogP contribution in [0.25, 0.3) is 0 Å². The summed E-state index contributed by atoms with van der Waals surface area (Å²) in [6.45, 7) is 2.58. The minimum absolute atomic E-state index is 0.0373. The van der Waals surface area contributed by atoms with Crippen LogP contribution in [0.4, 0.5) is 11.4 Å². The normalized spacial score (nSPS) is 15.7. The lowest BCUT2D eigenvalue weighted by Gasteiger charge is -2.29. The number of carbonyl (C=O) groups is 2. The number of aryl methyl sites for hydroxylation is 1. The van der Waals surface area contributed by atoms with Gasteiger partial charge in [0.15, 0.2) is 0 Å². The predicted octanol–water partition coefficient (Wildman–Crippen LogP) is 1.72. The molecule has 0 aliphatic carbocycles. The molecule has 1 heterocycles. The number of nitriles is 1. The smallest absolute Gasteiger partial charge is 0.306 e. The molecule has 1 fully saturated rings. The van der Waals surface area contributed by atoms with E-state index >= 15 is 0 Å². The molecule has 0 aromatic heterocycles. The highest BCUT2D eigenvalue weighted by Gasteiger charge is 2.28. The molecule has 7 heteroatoms. The van der Waals surface area contributed by atoms with Crippen molar-refractivity contribution in [2.24, 2.45) is 5.92 Å². The van der Waals surface area contributed by atoms with E-state index in [0.29, 0.717) is 37.3 Å². The zero-order chi connectivity index (χ0) is 17.7. The van der Waals surface area contributed by atoms with E-state index in [1.807, 2.05) is 25.1 Å². The predicted molar refractivity (Wildman–Crippen MR) is 89.8 cm³/mol. The number of carboxylic acid groups (broad SMARTS) is 1. The Kier molecular flexibility index (Phi) is 5.42. The maximum Gasteiger partial charge on any atom is 0.306 e. The summed E-state index contributed by atoms with van der Waals surface area (Å²) < 4.78 is 0. The summed E-state index contributed by atoms with van der Waals surface area (Å²) in [4.78, 5) is 24.9. The number of nitrogen functional groups attached to an aromatic ring is 1. The average Bonchev–Trinajstić information content (AvgIpc) is 2.58. The Balaban J connectivity index is 2.05. The standard InChI is InChI=1S/C17H20N4O3/c1-11-2-3-14(19)15(8-11)20-10-13(9-18)16(22)21-6-4-12(5-7-21)17(23)24/h2-3,8,10,12,20H,4-7,19H2,1H3,(H,23,24)/b13-10-. The van der Waals surface area contributed by atoms with Crippen molar-refractivity contribution in [1.29, 1.82) is 5.26 Å². The van der Waals surface area contributed by atoms with Crippen molar-refractivity contribution < 1.29 is 14.7 Å². The number of nitrogens with two attached hydrogens (primary N) is 1. The van der Waals surface area contributed by atoms with E-state index in [4.69, 9.17) is 10.8 Å². The maximum atomic E-state index is 12.4. The van der Waals surface area contributed by atoms with Gasteiger partial charge in [-0.3, -0.25) is 9.59 Å². The first-order valence-corrected chi connectivity index (χ1v) is 7.67. The van der Waals surface area contributed by atoms with Crippen LogP contribution in [0.15, 0.2) is 30.0 Å². The molecule has 1 saturated heterocycles. The lowest BCUT2D eigenvalue weighted by molar-refractivity contribution is -0.145. The number of anilines is 2. The van der Waals surface area contributed by atoms with E-state index < -0.39 is 17.8 Å². The summed E-state index contributed by atoms with van der Waals surface area (Å²) in [6, 6.07) is 7.33. The highest BCUT2D eigenvalue weighted by Crippen LogP contribution is 2.21. The second kappa shape index (κ2) is 7.51. The number of piperidine rings is 1. The van der Waals surface area contributed by atoms with Crippen molar-refractivity contribution in [2.45, 2.75) is 19.8 Å². The van der Waals surface area contributed by atoms with Crippen LogP contribution in [-0.4, -0.2) is 35.0 Å². The highest BCUT2D eigenvalue weighted by molar-refractivity contribution is 5.97. The molecule has 1 aliphatic heterocycles. The molecule has 1 amide bonds. The zero-order valence-electron chi connectivity index (χ0n) is 13.5. The molecule has 0 saturated carbocycles. The molecule has 1 aromatic carbocycles. The van der Waals surface area contributed by atoms with E-state index in [1.54, 1.807) is 6.07 Å². The lowest BCUT2D eigenvalue weighted by atomic mass is 9.97. The van der Waals surface area contributed by atoms with Crippen molar-refractivity contribution in [3.8, 4) is 6.07 Å². The quantitative estimate of drug-likeness (QED) is 0.440. The van der Waals surface area contributed by atoms with Gasteiger partial charge in [0.25, 0.3) is 5.91 Å². The summed E-state index contributed by atoms with van der Waals surface area (Å²) in [5, 5.41) is 21.1. The van der Waals surface area contributed by atoms with E-state index in [0.717, 1.165) is 5.56 Å². The zero-order valence-corrected chi connectivity index (χ0v) is 13.5. The van der Waals surface area contributed by atoms with Crippen molar-refractivity contribution in [2.75, 3.05) is 24.1 Å². The average molecular weight is 328 g/mol. The third-order valence-electron chi connectivity index (χ3n) is 4.06. The molecule has 7 nitrogen and oxygen atoms in total. The maximum absolute atomic E-state index is 12.4. The van der Waals surface area contributed by atoms with Gasteiger partial charge in [-0.25, -0.2) is 0 Å². The Hall–Kier alpha value is -3.01. The fourth-order valence-electron chi connectivity index (χ4n) is 2.59. The first kappa shape index (κ1) is 17.3. The highest BCUT2D eigenvalue weighted by atomic mass is 16.4. The van der Waals surface area contributed by atoms with Crippen molar-refractivity contribution in [3.63, 3.8) is 0 Å². The second-order valence-electron chi connectivity index (χ2n) is 5.81. The fraction of sp³-hybridized carbons (Fsp3) is 0.353. The molecule has 4 N–H and O–H groups in total. The number of carboxylic acids is 1. The van der Waals surface area contributed by atoms with Crippen LogP contribution in [0.5, 0.6) is 0 Å². The van der Waals surface area contributed by atoms with Gasteiger partial charge in [-0.05, 0) is 37.5 Å². The topological polar surface area (TPSA) is 119 Å². The number of amides is 1. The molecule has 24 heavy (non-hydrogen) atoms. The van der Waals surface area contributed by atoms with Gasteiger partial charge in [-0.1, -0.05) is 6.07 Å². The van der Waals surface area contributed by atoms with Gasteiger partial charge in [0, 0.05) is 19.3 Å². The van der Waals surface area contributed by atoms with Crippen LogP contribution >= 0.6 is 0 Å². The first-order valence-electron chi connectivity index (χ1n) is 7.67. The molecular formula is C17H20N4O3. The Morgan fingerprint density at radius 2 is 2.08 bits per heavy atom. The van der Waals surface area contributed by atoms with Crippen molar-refractivity contribution in [1.82, 2.24) is 4.90 Å². The van der Waals surface area contributed by atoms with E-state index in [2.05, 4.69) is 5.32 Å². The van der Waals surface area contributed by atoms with E-state index in [-0.39, 0.29) is 5.57 Å². The summed E-state index contributed by atoms with van der Waals surface area (Å²) in [6.07, 6.45) is 2.15. The SMILES string of the molecule is Cc1ccc(N)c(N/C=C(/C#N)C(=O)N2CCC(C(=O)O)CC2)c1. The number of hydrogen-bond acceptors (Lipinski definition) is 5. The van der Waals surface area contributed by atoms with Crippen LogP contribution in [0.3, 0.4) is 0 Å². The van der Waals surface area contributed by atoms with Crippen LogP contribution < -0.4 is 11.1 Å². The molecule has 0 bridgehead atoms. The van der Waals surface area contributed by atoms with Gasteiger partial charge in [-0.15, -0.1) is 0 Å². The summed E-state index contributed by atoms with van der Waals surface area (Å²) in [5.41, 5.74) is 7.96. The third kappa shape index (κ3) is 4.04. The van der Waals surface area contributed by atoms with Crippen LogP contribution in [0.1, 0.15) is 18.4 Å². The number of benzene rings is 1. The Bertz CT molecular complexity index is 713. The molecule has 0 atom stereocenters. The van der Waals surface area contributed by atoms with Gasteiger partial charge < -0.3 is 21.1 Å². The van der Waals surface area contributed by atoms with E-state index in [9.17, 15) is 14.9 Å².